The Morgan fingerprint density at radius 1 is 1.50 bits per heavy atom. The summed E-state index contributed by atoms with van der Waals surface area (Å²) in [5, 5.41) is 16.8. The maximum atomic E-state index is 12.1. The number of rotatable bonds is 4. The second-order valence-corrected chi connectivity index (χ2v) is 4.42. The van der Waals surface area contributed by atoms with Crippen molar-refractivity contribution in [1.82, 2.24) is 15.1 Å². The molecule has 2 aromatic rings. The van der Waals surface area contributed by atoms with Crippen molar-refractivity contribution in [2.24, 2.45) is 7.05 Å². The van der Waals surface area contributed by atoms with Crippen molar-refractivity contribution < 1.29 is 14.6 Å². The second kappa shape index (κ2) is 5.64. The first-order valence-electron chi connectivity index (χ1n) is 6.16. The smallest absolute Gasteiger partial charge is 0.255 e. The van der Waals surface area contributed by atoms with Gasteiger partial charge in [-0.15, -0.1) is 0 Å². The molecule has 1 amide bonds. The first-order valence-corrected chi connectivity index (χ1v) is 6.16. The molecule has 0 unspecified atom stereocenters. The Hall–Kier alpha value is -2.50. The molecule has 6 nitrogen and oxygen atoms in total. The minimum Gasteiger partial charge on any atom is -0.504 e. The van der Waals surface area contributed by atoms with Crippen LogP contribution in [0, 0.1) is 6.92 Å². The quantitative estimate of drug-likeness (QED) is 0.883. The van der Waals surface area contributed by atoms with Gasteiger partial charge in [-0.1, -0.05) is 6.07 Å². The van der Waals surface area contributed by atoms with E-state index in [9.17, 15) is 9.90 Å². The summed E-state index contributed by atoms with van der Waals surface area (Å²) in [6.45, 7) is 2.28. The number of carbonyl (C=O) groups is 1. The number of aryl methyl sites for hydroxylation is 1. The fourth-order valence-electron chi connectivity index (χ4n) is 1.86. The molecule has 0 bridgehead atoms. The summed E-state index contributed by atoms with van der Waals surface area (Å²) in [5.74, 6) is -0.240. The van der Waals surface area contributed by atoms with E-state index in [4.69, 9.17) is 4.74 Å². The molecule has 0 aliphatic rings. The largest absolute Gasteiger partial charge is 0.504 e. The molecule has 2 rings (SSSR count). The number of benzene rings is 1. The molecule has 0 aliphatic carbocycles. The van der Waals surface area contributed by atoms with E-state index < -0.39 is 0 Å². The SMILES string of the molecule is COc1cccc(C(=O)NCc2cnn(C)c2C)c1O. The lowest BCUT2D eigenvalue weighted by Crippen LogP contribution is -2.23. The molecule has 2 N–H and O–H groups in total. The number of nitrogens with one attached hydrogen (secondary N) is 1. The number of aromatic nitrogens is 2. The van der Waals surface area contributed by atoms with Crippen molar-refractivity contribution in [3.8, 4) is 11.5 Å². The van der Waals surface area contributed by atoms with E-state index in [1.165, 1.54) is 7.11 Å². The normalized spacial score (nSPS) is 10.3. The molecule has 1 heterocycles. The van der Waals surface area contributed by atoms with Crippen LogP contribution in [0.1, 0.15) is 21.6 Å². The van der Waals surface area contributed by atoms with E-state index in [2.05, 4.69) is 10.4 Å². The van der Waals surface area contributed by atoms with Gasteiger partial charge < -0.3 is 15.2 Å². The Morgan fingerprint density at radius 3 is 2.85 bits per heavy atom. The molecule has 0 aliphatic heterocycles. The highest BCUT2D eigenvalue weighted by molar-refractivity contribution is 5.97. The number of ether oxygens (including phenoxy) is 1. The van der Waals surface area contributed by atoms with Crippen LogP contribution in [0.25, 0.3) is 0 Å². The average molecular weight is 275 g/mol. The van der Waals surface area contributed by atoms with Gasteiger partial charge in [0.25, 0.3) is 5.91 Å². The van der Waals surface area contributed by atoms with E-state index in [0.29, 0.717) is 6.54 Å². The number of para-hydroxylation sites is 1. The van der Waals surface area contributed by atoms with Crippen LogP contribution < -0.4 is 10.1 Å². The predicted octanol–water partition coefficient (Wildman–Crippen LogP) is 1.37. The molecule has 0 spiro atoms. The van der Waals surface area contributed by atoms with Crippen molar-refractivity contribution in [1.29, 1.82) is 0 Å². The monoisotopic (exact) mass is 275 g/mol. The van der Waals surface area contributed by atoms with Crippen molar-refractivity contribution in [3.63, 3.8) is 0 Å². The second-order valence-electron chi connectivity index (χ2n) is 4.42. The standard InChI is InChI=1S/C14H17N3O3/c1-9-10(8-16-17(9)2)7-15-14(19)11-5-4-6-12(20-3)13(11)18/h4-6,8,18H,7H2,1-3H3,(H,15,19). The summed E-state index contributed by atoms with van der Waals surface area (Å²) in [6.07, 6.45) is 1.71. The van der Waals surface area contributed by atoms with Crippen LogP contribution in [0.5, 0.6) is 11.5 Å². The van der Waals surface area contributed by atoms with Crippen LogP contribution in [0.2, 0.25) is 0 Å². The molecule has 0 fully saturated rings. The Bertz CT molecular complexity index is 635. The van der Waals surface area contributed by atoms with Gasteiger partial charge in [-0.2, -0.15) is 5.10 Å². The van der Waals surface area contributed by atoms with E-state index >= 15 is 0 Å². The van der Waals surface area contributed by atoms with Gasteiger partial charge in [-0.3, -0.25) is 9.48 Å². The highest BCUT2D eigenvalue weighted by Crippen LogP contribution is 2.29. The lowest BCUT2D eigenvalue weighted by molar-refractivity contribution is 0.0947. The number of hydrogen-bond donors (Lipinski definition) is 2. The van der Waals surface area contributed by atoms with Crippen LogP contribution in [-0.4, -0.2) is 27.9 Å². The van der Waals surface area contributed by atoms with Gasteiger partial charge in [0.15, 0.2) is 11.5 Å². The van der Waals surface area contributed by atoms with E-state index in [0.717, 1.165) is 11.3 Å². The summed E-state index contributed by atoms with van der Waals surface area (Å²) in [6, 6.07) is 4.80. The van der Waals surface area contributed by atoms with Gasteiger partial charge in [0, 0.05) is 24.8 Å². The first-order chi connectivity index (χ1) is 9.54. The number of hydrogen-bond acceptors (Lipinski definition) is 4. The predicted molar refractivity (Wildman–Crippen MR) is 73.8 cm³/mol. The van der Waals surface area contributed by atoms with Crippen molar-refractivity contribution >= 4 is 5.91 Å². The van der Waals surface area contributed by atoms with Crippen LogP contribution >= 0.6 is 0 Å². The fourth-order valence-corrected chi connectivity index (χ4v) is 1.86. The van der Waals surface area contributed by atoms with Gasteiger partial charge >= 0.3 is 0 Å². The molecule has 0 saturated carbocycles. The summed E-state index contributed by atoms with van der Waals surface area (Å²) >= 11 is 0. The number of amides is 1. The highest BCUT2D eigenvalue weighted by Gasteiger charge is 2.15. The summed E-state index contributed by atoms with van der Waals surface area (Å²) in [4.78, 5) is 12.1. The number of phenols is 1. The Balaban J connectivity index is 2.11. The highest BCUT2D eigenvalue weighted by atomic mass is 16.5. The molecule has 1 aromatic carbocycles. The van der Waals surface area contributed by atoms with Gasteiger partial charge in [-0.05, 0) is 19.1 Å². The number of nitrogens with zero attached hydrogens (tertiary/aromatic N) is 2. The third kappa shape index (κ3) is 2.59. The molecule has 0 saturated heterocycles. The summed E-state index contributed by atoms with van der Waals surface area (Å²) in [7, 11) is 3.28. The topological polar surface area (TPSA) is 76.4 Å². The number of aromatic hydroxyl groups is 1. The maximum absolute atomic E-state index is 12.1. The molecule has 1 aromatic heterocycles. The molecular weight excluding hydrogens is 258 g/mol. The Kier molecular flexibility index (Phi) is 3.93. The number of carbonyl (C=O) groups excluding carboxylic acids is 1. The number of methoxy groups -OCH3 is 1. The molecule has 106 valence electrons. The van der Waals surface area contributed by atoms with Crippen LogP contribution in [0.3, 0.4) is 0 Å². The Labute approximate surface area is 117 Å². The van der Waals surface area contributed by atoms with E-state index in [1.54, 1.807) is 29.1 Å². The minimum absolute atomic E-state index is 0.157. The van der Waals surface area contributed by atoms with Crippen LogP contribution in [0.4, 0.5) is 0 Å². The van der Waals surface area contributed by atoms with Crippen molar-refractivity contribution in [2.45, 2.75) is 13.5 Å². The van der Waals surface area contributed by atoms with Gasteiger partial charge in [0.2, 0.25) is 0 Å². The zero-order chi connectivity index (χ0) is 14.7. The molecule has 20 heavy (non-hydrogen) atoms. The molecule has 0 atom stereocenters. The zero-order valence-electron chi connectivity index (χ0n) is 11.7. The lowest BCUT2D eigenvalue weighted by Gasteiger charge is -2.09. The summed E-state index contributed by atoms with van der Waals surface area (Å²) in [5.41, 5.74) is 2.11. The first kappa shape index (κ1) is 13.9. The van der Waals surface area contributed by atoms with E-state index in [-0.39, 0.29) is 23.0 Å². The fraction of sp³-hybridized carbons (Fsp3) is 0.286. The lowest BCUT2D eigenvalue weighted by atomic mass is 10.1. The third-order valence-electron chi connectivity index (χ3n) is 3.24. The van der Waals surface area contributed by atoms with Crippen molar-refractivity contribution in [2.75, 3.05) is 7.11 Å². The minimum atomic E-state index is -0.357. The molecular formula is C14H17N3O3. The van der Waals surface area contributed by atoms with Crippen molar-refractivity contribution in [3.05, 3.63) is 41.2 Å². The molecule has 0 radical (unpaired) electrons. The maximum Gasteiger partial charge on any atom is 0.255 e. The van der Waals surface area contributed by atoms with Gasteiger partial charge in [0.05, 0.1) is 18.9 Å². The Morgan fingerprint density at radius 2 is 2.25 bits per heavy atom. The molecule has 6 heteroatoms. The van der Waals surface area contributed by atoms with Gasteiger partial charge in [-0.25, -0.2) is 0 Å². The van der Waals surface area contributed by atoms with Gasteiger partial charge in [0.1, 0.15) is 0 Å². The van der Waals surface area contributed by atoms with Crippen LogP contribution in [0.15, 0.2) is 24.4 Å². The zero-order valence-corrected chi connectivity index (χ0v) is 11.7. The van der Waals surface area contributed by atoms with E-state index in [1.807, 2.05) is 14.0 Å². The number of phenolic OH excluding ortho intramolecular Hbond substituents is 1. The third-order valence-corrected chi connectivity index (χ3v) is 3.24. The average Bonchev–Trinajstić information content (AvgIpc) is 2.76. The summed E-state index contributed by atoms with van der Waals surface area (Å²) < 4.78 is 6.72. The van der Waals surface area contributed by atoms with Crippen LogP contribution in [-0.2, 0) is 13.6 Å².